The number of benzene rings is 1. The summed E-state index contributed by atoms with van der Waals surface area (Å²) in [5.74, 6) is -0.325. The molecule has 1 aromatic carbocycles. The van der Waals surface area contributed by atoms with Gasteiger partial charge >= 0.3 is 0 Å². The van der Waals surface area contributed by atoms with E-state index in [1.54, 1.807) is 31.1 Å². The topological polar surface area (TPSA) is 46.4 Å². The van der Waals surface area contributed by atoms with Crippen LogP contribution in [0, 0.1) is 15.9 Å². The van der Waals surface area contributed by atoms with Crippen molar-refractivity contribution in [2.75, 3.05) is 20.6 Å². The molecular weight excluding hydrogens is 211 g/mol. The van der Waals surface area contributed by atoms with Gasteiger partial charge in [0.05, 0.1) is 6.54 Å². The highest BCUT2D eigenvalue weighted by atomic mass is 19.1. The lowest BCUT2D eigenvalue weighted by atomic mass is 10.1. The number of halogens is 1. The lowest BCUT2D eigenvalue weighted by Gasteiger charge is -2.14. The van der Waals surface area contributed by atoms with Crippen molar-refractivity contribution in [1.82, 2.24) is 4.90 Å². The Morgan fingerprint density at radius 1 is 1.38 bits per heavy atom. The SMILES string of the molecule is CN(C)C[C@@H](Cc1ccc(F)cc1)[N+](=O)[O-]. The fourth-order valence-electron chi connectivity index (χ4n) is 1.52. The van der Waals surface area contributed by atoms with Crippen LogP contribution in [0.15, 0.2) is 24.3 Å². The number of likely N-dealkylation sites (N-methyl/N-ethyl adjacent to an activating group) is 1. The van der Waals surface area contributed by atoms with Crippen molar-refractivity contribution < 1.29 is 9.31 Å². The van der Waals surface area contributed by atoms with E-state index < -0.39 is 6.04 Å². The molecule has 0 aromatic heterocycles. The molecule has 5 heteroatoms. The molecule has 0 unspecified atom stereocenters. The van der Waals surface area contributed by atoms with Crippen LogP contribution in [0.25, 0.3) is 0 Å². The second-order valence-corrected chi connectivity index (χ2v) is 4.03. The lowest BCUT2D eigenvalue weighted by molar-refractivity contribution is -0.522. The van der Waals surface area contributed by atoms with Crippen molar-refractivity contribution in [3.8, 4) is 0 Å². The molecule has 0 N–H and O–H groups in total. The van der Waals surface area contributed by atoms with Crippen LogP contribution in [-0.2, 0) is 6.42 Å². The monoisotopic (exact) mass is 226 g/mol. The Hall–Kier alpha value is -1.49. The van der Waals surface area contributed by atoms with Crippen molar-refractivity contribution in [3.63, 3.8) is 0 Å². The van der Waals surface area contributed by atoms with Gasteiger partial charge in [0.15, 0.2) is 0 Å². The predicted octanol–water partition coefficient (Wildman–Crippen LogP) is 1.58. The molecule has 0 aliphatic rings. The minimum absolute atomic E-state index is 0.288. The van der Waals surface area contributed by atoms with E-state index in [0.717, 1.165) is 5.56 Å². The largest absolute Gasteiger partial charge is 0.303 e. The van der Waals surface area contributed by atoms with Gasteiger partial charge in [0.1, 0.15) is 5.82 Å². The number of nitrogens with zero attached hydrogens (tertiary/aromatic N) is 2. The fourth-order valence-corrected chi connectivity index (χ4v) is 1.52. The zero-order valence-corrected chi connectivity index (χ0v) is 9.39. The van der Waals surface area contributed by atoms with Gasteiger partial charge < -0.3 is 4.90 Å². The van der Waals surface area contributed by atoms with Crippen LogP contribution in [0.5, 0.6) is 0 Å². The quantitative estimate of drug-likeness (QED) is 0.565. The first kappa shape index (κ1) is 12.6. The maximum Gasteiger partial charge on any atom is 0.229 e. The third-order valence-corrected chi connectivity index (χ3v) is 2.26. The molecule has 0 spiro atoms. The van der Waals surface area contributed by atoms with Gasteiger partial charge in [-0.25, -0.2) is 4.39 Å². The van der Waals surface area contributed by atoms with E-state index in [0.29, 0.717) is 13.0 Å². The molecule has 1 aromatic rings. The smallest absolute Gasteiger partial charge is 0.229 e. The first-order valence-electron chi connectivity index (χ1n) is 5.01. The van der Waals surface area contributed by atoms with Crippen LogP contribution in [0.1, 0.15) is 5.56 Å². The minimum Gasteiger partial charge on any atom is -0.303 e. The summed E-state index contributed by atoms with van der Waals surface area (Å²) in [7, 11) is 3.59. The molecule has 0 saturated carbocycles. The Labute approximate surface area is 93.8 Å². The molecule has 1 atom stereocenters. The second kappa shape index (κ2) is 5.55. The molecule has 0 amide bonds. The lowest BCUT2D eigenvalue weighted by Crippen LogP contribution is -2.34. The fraction of sp³-hybridized carbons (Fsp3) is 0.455. The Morgan fingerprint density at radius 3 is 2.38 bits per heavy atom. The van der Waals surface area contributed by atoms with Crippen LogP contribution in [0.3, 0.4) is 0 Å². The van der Waals surface area contributed by atoms with Gasteiger partial charge in [0.2, 0.25) is 6.04 Å². The summed E-state index contributed by atoms with van der Waals surface area (Å²) in [6.07, 6.45) is 0.325. The molecule has 88 valence electrons. The molecule has 4 nitrogen and oxygen atoms in total. The molecule has 0 bridgehead atoms. The van der Waals surface area contributed by atoms with Crippen LogP contribution in [-0.4, -0.2) is 36.5 Å². The highest BCUT2D eigenvalue weighted by Crippen LogP contribution is 2.08. The molecule has 0 aliphatic heterocycles. The van der Waals surface area contributed by atoms with E-state index in [-0.39, 0.29) is 10.7 Å². The normalized spacial score (nSPS) is 12.8. The average molecular weight is 226 g/mol. The highest BCUT2D eigenvalue weighted by molar-refractivity contribution is 5.16. The van der Waals surface area contributed by atoms with E-state index >= 15 is 0 Å². The van der Waals surface area contributed by atoms with E-state index in [1.807, 2.05) is 0 Å². The minimum atomic E-state index is -0.652. The molecule has 0 radical (unpaired) electrons. The maximum absolute atomic E-state index is 12.7. The summed E-state index contributed by atoms with van der Waals surface area (Å²) in [5.41, 5.74) is 0.782. The van der Waals surface area contributed by atoms with Crippen LogP contribution >= 0.6 is 0 Å². The molecule has 0 fully saturated rings. The van der Waals surface area contributed by atoms with Crippen molar-refractivity contribution in [1.29, 1.82) is 0 Å². The van der Waals surface area contributed by atoms with Gasteiger partial charge in [-0.1, -0.05) is 12.1 Å². The van der Waals surface area contributed by atoms with E-state index in [2.05, 4.69) is 0 Å². The van der Waals surface area contributed by atoms with Gasteiger partial charge in [-0.15, -0.1) is 0 Å². The summed E-state index contributed by atoms with van der Waals surface area (Å²) in [6, 6.07) is 5.16. The zero-order valence-electron chi connectivity index (χ0n) is 9.39. The predicted molar refractivity (Wildman–Crippen MR) is 59.4 cm³/mol. The molecule has 1 rings (SSSR count). The standard InChI is InChI=1S/C11H15FN2O2/c1-13(2)8-11(14(15)16)7-9-3-5-10(12)6-4-9/h3-6,11H,7-8H2,1-2H3/t11-/m1/s1. The number of hydrogen-bond acceptors (Lipinski definition) is 3. The molecule has 0 saturated heterocycles. The van der Waals surface area contributed by atoms with Gasteiger partial charge in [-0.3, -0.25) is 10.1 Å². The van der Waals surface area contributed by atoms with Gasteiger partial charge in [-0.2, -0.15) is 0 Å². The molecule has 0 heterocycles. The number of nitro groups is 1. The Morgan fingerprint density at radius 2 is 1.94 bits per heavy atom. The summed E-state index contributed by atoms with van der Waals surface area (Å²) in [4.78, 5) is 12.3. The van der Waals surface area contributed by atoms with E-state index in [1.165, 1.54) is 12.1 Å². The third-order valence-electron chi connectivity index (χ3n) is 2.26. The molecule has 16 heavy (non-hydrogen) atoms. The Kier molecular flexibility index (Phi) is 4.37. The van der Waals surface area contributed by atoms with Crippen LogP contribution in [0.4, 0.5) is 4.39 Å². The first-order chi connectivity index (χ1) is 7.49. The summed E-state index contributed by atoms with van der Waals surface area (Å²) in [5, 5.41) is 10.8. The van der Waals surface area contributed by atoms with Crippen LogP contribution in [0.2, 0.25) is 0 Å². The van der Waals surface area contributed by atoms with Crippen molar-refractivity contribution in [2.24, 2.45) is 0 Å². The van der Waals surface area contributed by atoms with Crippen LogP contribution < -0.4 is 0 Å². The third kappa shape index (κ3) is 3.94. The summed E-state index contributed by atoms with van der Waals surface area (Å²) < 4.78 is 12.7. The maximum atomic E-state index is 12.7. The summed E-state index contributed by atoms with van der Waals surface area (Å²) in [6.45, 7) is 0.379. The highest BCUT2D eigenvalue weighted by Gasteiger charge is 2.21. The Balaban J connectivity index is 2.68. The summed E-state index contributed by atoms with van der Waals surface area (Å²) >= 11 is 0. The number of hydrogen-bond donors (Lipinski definition) is 0. The number of rotatable bonds is 5. The van der Waals surface area contributed by atoms with Crippen molar-refractivity contribution >= 4 is 0 Å². The first-order valence-corrected chi connectivity index (χ1v) is 5.01. The molecular formula is C11H15FN2O2. The van der Waals surface area contributed by atoms with Crippen molar-refractivity contribution in [3.05, 3.63) is 45.8 Å². The van der Waals surface area contributed by atoms with Gasteiger partial charge in [0.25, 0.3) is 0 Å². The van der Waals surface area contributed by atoms with Gasteiger partial charge in [0, 0.05) is 11.3 Å². The van der Waals surface area contributed by atoms with Crippen molar-refractivity contribution in [2.45, 2.75) is 12.5 Å². The zero-order chi connectivity index (χ0) is 12.1. The molecule has 0 aliphatic carbocycles. The van der Waals surface area contributed by atoms with E-state index in [4.69, 9.17) is 0 Å². The Bertz CT molecular complexity index is 352. The average Bonchev–Trinajstić information content (AvgIpc) is 2.19. The second-order valence-electron chi connectivity index (χ2n) is 4.03. The van der Waals surface area contributed by atoms with Gasteiger partial charge in [-0.05, 0) is 31.8 Å². The van der Waals surface area contributed by atoms with E-state index in [9.17, 15) is 14.5 Å².